The van der Waals surface area contributed by atoms with Gasteiger partial charge in [0.25, 0.3) is 11.4 Å². The van der Waals surface area contributed by atoms with Crippen molar-refractivity contribution in [3.63, 3.8) is 0 Å². The molecule has 0 bridgehead atoms. The van der Waals surface area contributed by atoms with Gasteiger partial charge in [-0.1, -0.05) is 12.1 Å². The van der Waals surface area contributed by atoms with Crippen molar-refractivity contribution in [2.24, 2.45) is 7.05 Å². The van der Waals surface area contributed by atoms with Crippen molar-refractivity contribution >= 4 is 17.1 Å². The fourth-order valence-electron chi connectivity index (χ4n) is 2.57. The predicted octanol–water partition coefficient (Wildman–Crippen LogP) is 2.63. The quantitative estimate of drug-likeness (QED) is 0.724. The molecule has 2 aromatic heterocycles. The molecule has 0 atom stereocenters. The maximum atomic E-state index is 12.4. The Balaban J connectivity index is 2.02. The fraction of sp³-hybridized carbons (Fsp3) is 0.278. The fourth-order valence-corrected chi connectivity index (χ4v) is 2.57. The van der Waals surface area contributed by atoms with Gasteiger partial charge in [0.2, 0.25) is 5.65 Å². The zero-order chi connectivity index (χ0) is 17.3. The van der Waals surface area contributed by atoms with Crippen LogP contribution in [0.3, 0.4) is 0 Å². The molecule has 1 amide bonds. The highest BCUT2D eigenvalue weighted by atomic mass is 16.5. The molecule has 3 rings (SSSR count). The van der Waals surface area contributed by atoms with Crippen LogP contribution in [0.1, 0.15) is 29.8 Å². The predicted molar refractivity (Wildman–Crippen MR) is 91.1 cm³/mol. The van der Waals surface area contributed by atoms with E-state index in [2.05, 4.69) is 15.3 Å². The lowest BCUT2D eigenvalue weighted by atomic mass is 10.2. The normalized spacial score (nSPS) is 11.0. The molecule has 0 aliphatic rings. The Morgan fingerprint density at radius 2 is 2.17 bits per heavy atom. The lowest BCUT2D eigenvalue weighted by Gasteiger charge is -2.07. The van der Waals surface area contributed by atoms with Crippen molar-refractivity contribution in [2.45, 2.75) is 26.8 Å². The highest BCUT2D eigenvalue weighted by molar-refractivity contribution is 6.03. The number of nitrogens with zero attached hydrogens (tertiary/aromatic N) is 2. The molecule has 0 spiro atoms. The number of carbonyl (C=O) groups excluding carboxylic acids is 1. The number of aromatic nitrogens is 3. The molecule has 0 radical (unpaired) electrons. The number of amides is 1. The molecule has 24 heavy (non-hydrogen) atoms. The van der Waals surface area contributed by atoms with E-state index in [1.165, 1.54) is 0 Å². The lowest BCUT2D eigenvalue weighted by molar-refractivity contribution is -0.650. The Morgan fingerprint density at radius 1 is 1.38 bits per heavy atom. The lowest BCUT2D eigenvalue weighted by Crippen LogP contribution is -2.35. The zero-order valence-electron chi connectivity index (χ0n) is 14.3. The zero-order valence-corrected chi connectivity index (χ0v) is 14.3. The van der Waals surface area contributed by atoms with Crippen LogP contribution in [-0.2, 0) is 7.05 Å². The van der Waals surface area contributed by atoms with E-state index < -0.39 is 0 Å². The van der Waals surface area contributed by atoms with Crippen LogP contribution in [0, 0.1) is 6.92 Å². The van der Waals surface area contributed by atoms with Crippen molar-refractivity contribution in [3.05, 3.63) is 47.8 Å². The van der Waals surface area contributed by atoms with Crippen LogP contribution >= 0.6 is 0 Å². The third-order valence-electron chi connectivity index (χ3n) is 3.68. The van der Waals surface area contributed by atoms with Gasteiger partial charge in [0, 0.05) is 12.2 Å². The summed E-state index contributed by atoms with van der Waals surface area (Å²) in [5.41, 5.74) is 3.01. The van der Waals surface area contributed by atoms with Gasteiger partial charge in [0.05, 0.1) is 0 Å². The van der Waals surface area contributed by atoms with Crippen LogP contribution in [0.4, 0.5) is 0 Å². The highest BCUT2D eigenvalue weighted by Crippen LogP contribution is 2.21. The van der Waals surface area contributed by atoms with E-state index in [-0.39, 0.29) is 11.9 Å². The van der Waals surface area contributed by atoms with Gasteiger partial charge in [-0.3, -0.25) is 4.79 Å². The van der Waals surface area contributed by atoms with Gasteiger partial charge in [-0.15, -0.1) is 0 Å². The summed E-state index contributed by atoms with van der Waals surface area (Å²) < 4.78 is 7.77. The number of fused-ring (bicyclic) bond motifs is 1. The number of benzene rings is 1. The van der Waals surface area contributed by atoms with Crippen LogP contribution in [0.25, 0.3) is 11.2 Å². The second-order valence-electron chi connectivity index (χ2n) is 6.10. The standard InChI is InChI=1S/C18H20N4O2/c1-11(2)21-18(23)14-9-19-17-16(14)22(4)15(10-20-17)24-13-7-5-6-12(3)8-13/h5-11H,1-4H3,(H,21,23)/p+1. The molecule has 2 heterocycles. The number of aryl methyl sites for hydroxylation is 2. The summed E-state index contributed by atoms with van der Waals surface area (Å²) >= 11 is 0. The summed E-state index contributed by atoms with van der Waals surface area (Å²) in [5, 5.41) is 2.90. The first kappa shape index (κ1) is 16.0. The SMILES string of the molecule is Cc1cccc(Oc2cnc3[nH]cc(C(=O)NC(C)C)c3[n+]2C)c1. The molecule has 124 valence electrons. The largest absolute Gasteiger partial charge is 0.404 e. The Hall–Kier alpha value is -2.89. The van der Waals surface area contributed by atoms with E-state index >= 15 is 0 Å². The van der Waals surface area contributed by atoms with E-state index in [1.54, 1.807) is 12.4 Å². The topological polar surface area (TPSA) is 70.9 Å². The second-order valence-corrected chi connectivity index (χ2v) is 6.10. The first-order chi connectivity index (χ1) is 11.5. The van der Waals surface area contributed by atoms with Crippen molar-refractivity contribution < 1.29 is 14.1 Å². The minimum Gasteiger partial charge on any atom is -0.404 e. The third kappa shape index (κ3) is 3.08. The highest BCUT2D eigenvalue weighted by Gasteiger charge is 2.24. The van der Waals surface area contributed by atoms with E-state index in [0.29, 0.717) is 22.6 Å². The summed E-state index contributed by atoms with van der Waals surface area (Å²) in [7, 11) is 1.86. The number of H-pyrrole nitrogens is 1. The van der Waals surface area contributed by atoms with Gasteiger partial charge < -0.3 is 15.0 Å². The van der Waals surface area contributed by atoms with Crippen LogP contribution in [0.5, 0.6) is 11.6 Å². The molecule has 0 aliphatic heterocycles. The van der Waals surface area contributed by atoms with Crippen molar-refractivity contribution in [1.29, 1.82) is 0 Å². The molecule has 0 fully saturated rings. The van der Waals surface area contributed by atoms with E-state index in [9.17, 15) is 4.79 Å². The molecule has 3 aromatic rings. The van der Waals surface area contributed by atoms with Crippen LogP contribution < -0.4 is 14.6 Å². The molecule has 0 unspecified atom stereocenters. The number of nitrogens with one attached hydrogen (secondary N) is 2. The van der Waals surface area contributed by atoms with Gasteiger partial charge in [0.15, 0.2) is 0 Å². The van der Waals surface area contributed by atoms with Gasteiger partial charge in [-0.2, -0.15) is 4.57 Å². The summed E-state index contributed by atoms with van der Waals surface area (Å²) in [6.45, 7) is 5.86. The monoisotopic (exact) mass is 325 g/mol. The third-order valence-corrected chi connectivity index (χ3v) is 3.68. The summed E-state index contributed by atoms with van der Waals surface area (Å²) in [6.07, 6.45) is 3.32. The maximum absolute atomic E-state index is 12.4. The van der Waals surface area contributed by atoms with Gasteiger partial charge >= 0.3 is 5.88 Å². The smallest absolute Gasteiger partial charge is 0.392 e. The van der Waals surface area contributed by atoms with Gasteiger partial charge in [-0.25, -0.2) is 4.98 Å². The number of ether oxygens (including phenoxy) is 1. The average Bonchev–Trinajstić information content (AvgIpc) is 2.94. The van der Waals surface area contributed by atoms with E-state index in [1.807, 2.05) is 56.7 Å². The molecule has 1 aromatic carbocycles. The molecule has 0 saturated heterocycles. The molecule has 0 aliphatic carbocycles. The number of rotatable bonds is 4. The number of carbonyl (C=O) groups is 1. The Kier molecular flexibility index (Phi) is 4.20. The van der Waals surface area contributed by atoms with Crippen LogP contribution in [0.2, 0.25) is 0 Å². The van der Waals surface area contributed by atoms with Crippen molar-refractivity contribution in [2.75, 3.05) is 0 Å². The van der Waals surface area contributed by atoms with Gasteiger partial charge in [-0.05, 0) is 38.5 Å². The second kappa shape index (κ2) is 6.31. The summed E-state index contributed by atoms with van der Waals surface area (Å²) in [6, 6.07) is 7.85. The number of hydrogen-bond acceptors (Lipinski definition) is 3. The maximum Gasteiger partial charge on any atom is 0.392 e. The molecule has 2 N–H and O–H groups in total. The van der Waals surface area contributed by atoms with Crippen molar-refractivity contribution in [1.82, 2.24) is 15.3 Å². The minimum absolute atomic E-state index is 0.0624. The molecular formula is C18H21N4O2+. The summed E-state index contributed by atoms with van der Waals surface area (Å²) in [5.74, 6) is 1.16. The first-order valence-electron chi connectivity index (χ1n) is 7.87. The Bertz CT molecular complexity index is 899. The molecule has 6 nitrogen and oxygen atoms in total. The molecule has 0 saturated carbocycles. The first-order valence-corrected chi connectivity index (χ1v) is 7.87. The average molecular weight is 325 g/mol. The minimum atomic E-state index is -0.138. The Labute approximate surface area is 140 Å². The van der Waals surface area contributed by atoms with E-state index in [4.69, 9.17) is 4.74 Å². The molecule has 6 heteroatoms. The van der Waals surface area contributed by atoms with Crippen LogP contribution in [-0.4, -0.2) is 21.9 Å². The van der Waals surface area contributed by atoms with Crippen molar-refractivity contribution in [3.8, 4) is 11.6 Å². The number of aromatic amines is 1. The van der Waals surface area contributed by atoms with Gasteiger partial charge in [0.1, 0.15) is 24.6 Å². The van der Waals surface area contributed by atoms with E-state index in [0.717, 1.165) is 11.3 Å². The summed E-state index contributed by atoms with van der Waals surface area (Å²) in [4.78, 5) is 19.8. The number of hydrogen-bond donors (Lipinski definition) is 2. The van der Waals surface area contributed by atoms with Crippen LogP contribution in [0.15, 0.2) is 36.7 Å². The molecular weight excluding hydrogens is 304 g/mol. The Morgan fingerprint density at radius 3 is 2.88 bits per heavy atom.